The highest BCUT2D eigenvalue weighted by atomic mass is 16.2. The number of hydrogen-bond acceptors (Lipinski definition) is 2. The van der Waals surface area contributed by atoms with Crippen molar-refractivity contribution in [3.05, 3.63) is 48.0 Å². The molecule has 0 radical (unpaired) electrons. The van der Waals surface area contributed by atoms with Crippen LogP contribution in [0.1, 0.15) is 38.2 Å². The number of amides is 2. The highest BCUT2D eigenvalue weighted by Crippen LogP contribution is 2.21. The Bertz CT molecular complexity index is 794. The minimum atomic E-state index is 0.0663. The van der Waals surface area contributed by atoms with Gasteiger partial charge in [-0.25, -0.2) is 0 Å². The van der Waals surface area contributed by atoms with Gasteiger partial charge in [0, 0.05) is 32.6 Å². The summed E-state index contributed by atoms with van der Waals surface area (Å²) >= 11 is 0. The lowest BCUT2D eigenvalue weighted by Gasteiger charge is -2.33. The maximum Gasteiger partial charge on any atom is 0.226 e. The standard InChI is InChI=1S/C23H30N2O2/c1-3-4-13-24(2)23(27)20-11-14-25(15-12-20)22(26)17-18-9-10-19-7-5-6-8-21(19)16-18/h5-10,16,20H,3-4,11-15,17H2,1-2H3. The van der Waals surface area contributed by atoms with E-state index < -0.39 is 0 Å². The van der Waals surface area contributed by atoms with Crippen molar-refractivity contribution in [3.8, 4) is 0 Å². The Morgan fingerprint density at radius 3 is 2.48 bits per heavy atom. The minimum Gasteiger partial charge on any atom is -0.346 e. The molecule has 0 spiro atoms. The Labute approximate surface area is 162 Å². The number of nitrogens with zero attached hydrogens (tertiary/aromatic N) is 2. The zero-order valence-electron chi connectivity index (χ0n) is 16.5. The molecule has 2 amide bonds. The van der Waals surface area contributed by atoms with E-state index in [0.717, 1.165) is 37.8 Å². The lowest BCUT2D eigenvalue weighted by atomic mass is 9.94. The average Bonchev–Trinajstić information content (AvgIpc) is 2.71. The average molecular weight is 367 g/mol. The Kier molecular flexibility index (Phi) is 6.49. The van der Waals surface area contributed by atoms with Crippen molar-refractivity contribution in [2.45, 2.75) is 39.0 Å². The van der Waals surface area contributed by atoms with Crippen LogP contribution in [0.5, 0.6) is 0 Å². The van der Waals surface area contributed by atoms with E-state index >= 15 is 0 Å². The molecule has 4 heteroatoms. The first kappa shape index (κ1) is 19.4. The molecule has 2 aromatic rings. The summed E-state index contributed by atoms with van der Waals surface area (Å²) in [7, 11) is 1.90. The van der Waals surface area contributed by atoms with Crippen molar-refractivity contribution in [1.82, 2.24) is 9.80 Å². The monoisotopic (exact) mass is 366 g/mol. The van der Waals surface area contributed by atoms with Crippen molar-refractivity contribution in [2.24, 2.45) is 5.92 Å². The number of fused-ring (bicyclic) bond motifs is 1. The molecule has 0 saturated carbocycles. The molecule has 0 bridgehead atoms. The quantitative estimate of drug-likeness (QED) is 0.778. The van der Waals surface area contributed by atoms with Gasteiger partial charge in [0.1, 0.15) is 0 Å². The third kappa shape index (κ3) is 4.88. The van der Waals surface area contributed by atoms with E-state index in [1.54, 1.807) is 0 Å². The highest BCUT2D eigenvalue weighted by Gasteiger charge is 2.28. The van der Waals surface area contributed by atoms with Crippen molar-refractivity contribution >= 4 is 22.6 Å². The van der Waals surface area contributed by atoms with E-state index in [1.165, 1.54) is 10.8 Å². The van der Waals surface area contributed by atoms with Gasteiger partial charge < -0.3 is 9.80 Å². The maximum absolute atomic E-state index is 12.7. The molecule has 0 aromatic heterocycles. The molecule has 1 heterocycles. The maximum atomic E-state index is 12.7. The fourth-order valence-corrected chi connectivity index (χ4v) is 3.83. The van der Waals surface area contributed by atoms with Gasteiger partial charge in [-0.05, 0) is 35.6 Å². The molecular weight excluding hydrogens is 336 g/mol. The number of rotatable bonds is 6. The number of benzene rings is 2. The number of carbonyl (C=O) groups is 2. The largest absolute Gasteiger partial charge is 0.346 e. The zero-order chi connectivity index (χ0) is 19.2. The fraction of sp³-hybridized carbons (Fsp3) is 0.478. The summed E-state index contributed by atoms with van der Waals surface area (Å²) in [5.41, 5.74) is 1.05. The number of piperidine rings is 1. The van der Waals surface area contributed by atoms with E-state index in [1.807, 2.05) is 35.0 Å². The molecule has 1 aliphatic rings. The van der Waals surface area contributed by atoms with Gasteiger partial charge in [-0.3, -0.25) is 9.59 Å². The van der Waals surface area contributed by atoms with Crippen molar-refractivity contribution in [2.75, 3.05) is 26.7 Å². The second-order valence-corrected chi connectivity index (χ2v) is 7.63. The number of likely N-dealkylation sites (tertiary alicyclic amines) is 1. The molecule has 4 nitrogen and oxygen atoms in total. The van der Waals surface area contributed by atoms with Crippen LogP contribution in [0.2, 0.25) is 0 Å². The SMILES string of the molecule is CCCCN(C)C(=O)C1CCN(C(=O)Cc2ccc3ccccc3c2)CC1. The van der Waals surface area contributed by atoms with E-state index in [-0.39, 0.29) is 17.7 Å². The van der Waals surface area contributed by atoms with Gasteiger partial charge in [-0.15, -0.1) is 0 Å². The first-order valence-electron chi connectivity index (χ1n) is 10.1. The van der Waals surface area contributed by atoms with Crippen LogP contribution in [0.15, 0.2) is 42.5 Å². The Balaban J connectivity index is 1.52. The molecule has 27 heavy (non-hydrogen) atoms. The molecule has 0 aliphatic carbocycles. The minimum absolute atomic E-state index is 0.0663. The van der Waals surface area contributed by atoms with Crippen molar-refractivity contribution in [1.29, 1.82) is 0 Å². The second-order valence-electron chi connectivity index (χ2n) is 7.63. The van der Waals surface area contributed by atoms with Gasteiger partial charge in [0.15, 0.2) is 0 Å². The molecule has 3 rings (SSSR count). The van der Waals surface area contributed by atoms with E-state index in [2.05, 4.69) is 31.2 Å². The third-order valence-corrected chi connectivity index (χ3v) is 5.59. The number of hydrogen-bond donors (Lipinski definition) is 0. The summed E-state index contributed by atoms with van der Waals surface area (Å²) in [4.78, 5) is 29.0. The summed E-state index contributed by atoms with van der Waals surface area (Å²) in [6.45, 7) is 4.34. The molecule has 0 unspecified atom stereocenters. The summed E-state index contributed by atoms with van der Waals surface area (Å²) in [5.74, 6) is 0.470. The predicted octanol–water partition coefficient (Wildman–Crippen LogP) is 3.88. The van der Waals surface area contributed by atoms with Crippen LogP contribution < -0.4 is 0 Å². The number of unbranched alkanes of at least 4 members (excludes halogenated alkanes) is 1. The van der Waals surface area contributed by atoms with Gasteiger partial charge in [-0.1, -0.05) is 55.8 Å². The fourth-order valence-electron chi connectivity index (χ4n) is 3.83. The number of carbonyl (C=O) groups excluding carboxylic acids is 2. The van der Waals surface area contributed by atoms with Crippen molar-refractivity contribution < 1.29 is 9.59 Å². The van der Waals surface area contributed by atoms with Crippen molar-refractivity contribution in [3.63, 3.8) is 0 Å². The lowest BCUT2D eigenvalue weighted by Crippen LogP contribution is -2.44. The molecule has 1 aliphatic heterocycles. The van der Waals surface area contributed by atoms with Gasteiger partial charge in [0.25, 0.3) is 0 Å². The van der Waals surface area contributed by atoms with Gasteiger partial charge in [0.05, 0.1) is 6.42 Å². The summed E-state index contributed by atoms with van der Waals surface area (Å²) in [5, 5.41) is 2.36. The molecular formula is C23H30N2O2. The molecule has 0 atom stereocenters. The van der Waals surface area contributed by atoms with E-state index in [0.29, 0.717) is 19.5 Å². The Morgan fingerprint density at radius 1 is 1.07 bits per heavy atom. The van der Waals surface area contributed by atoms with Crippen LogP contribution in [0.4, 0.5) is 0 Å². The molecule has 0 N–H and O–H groups in total. The Hall–Kier alpha value is -2.36. The van der Waals surface area contributed by atoms with Crippen LogP contribution in [0, 0.1) is 5.92 Å². The molecule has 1 fully saturated rings. The molecule has 1 saturated heterocycles. The Morgan fingerprint density at radius 2 is 1.78 bits per heavy atom. The first-order chi connectivity index (χ1) is 13.1. The van der Waals surface area contributed by atoms with E-state index in [9.17, 15) is 9.59 Å². The zero-order valence-corrected chi connectivity index (χ0v) is 16.5. The smallest absolute Gasteiger partial charge is 0.226 e. The third-order valence-electron chi connectivity index (χ3n) is 5.59. The van der Waals surface area contributed by atoms with Crippen LogP contribution in [-0.4, -0.2) is 48.3 Å². The van der Waals surface area contributed by atoms with E-state index in [4.69, 9.17) is 0 Å². The first-order valence-corrected chi connectivity index (χ1v) is 10.1. The van der Waals surface area contributed by atoms with Gasteiger partial charge in [-0.2, -0.15) is 0 Å². The summed E-state index contributed by atoms with van der Waals surface area (Å²) < 4.78 is 0. The highest BCUT2D eigenvalue weighted by molar-refractivity contribution is 5.85. The van der Waals surface area contributed by atoms with Crippen LogP contribution in [0.3, 0.4) is 0 Å². The lowest BCUT2D eigenvalue weighted by molar-refractivity contribution is -0.139. The van der Waals surface area contributed by atoms with Crippen LogP contribution in [0.25, 0.3) is 10.8 Å². The molecule has 2 aromatic carbocycles. The van der Waals surface area contributed by atoms with Crippen LogP contribution in [-0.2, 0) is 16.0 Å². The second kappa shape index (κ2) is 9.03. The van der Waals surface area contributed by atoms with Gasteiger partial charge in [0.2, 0.25) is 11.8 Å². The summed E-state index contributed by atoms with van der Waals surface area (Å²) in [6.07, 6.45) is 4.13. The molecule has 144 valence electrons. The topological polar surface area (TPSA) is 40.6 Å². The summed E-state index contributed by atoms with van der Waals surface area (Å²) in [6, 6.07) is 14.4. The van der Waals surface area contributed by atoms with Gasteiger partial charge >= 0.3 is 0 Å². The normalized spacial score (nSPS) is 15.1. The predicted molar refractivity (Wildman–Crippen MR) is 110 cm³/mol. The van der Waals surface area contributed by atoms with Crippen LogP contribution >= 0.6 is 0 Å².